The Morgan fingerprint density at radius 2 is 2.25 bits per heavy atom. The Balaban J connectivity index is 1.91. The number of hydrogen-bond acceptors (Lipinski definition) is 2. The summed E-state index contributed by atoms with van der Waals surface area (Å²) in [5, 5.41) is 3.88. The molecule has 86 valence electrons. The topological polar surface area (TPSA) is 42.0 Å². The fourth-order valence-corrected chi connectivity index (χ4v) is 2.40. The predicted molar refractivity (Wildman–Crippen MR) is 69.7 cm³/mol. The van der Waals surface area contributed by atoms with Gasteiger partial charge < -0.3 is 5.32 Å². The van der Waals surface area contributed by atoms with Gasteiger partial charge in [0.2, 0.25) is 0 Å². The first-order chi connectivity index (χ1) is 7.65. The summed E-state index contributed by atoms with van der Waals surface area (Å²) in [4.78, 5) is 15.8. The Labute approximate surface area is 111 Å². The van der Waals surface area contributed by atoms with E-state index in [9.17, 15) is 4.79 Å². The molecule has 1 aromatic heterocycles. The lowest BCUT2D eigenvalue weighted by Crippen LogP contribution is -2.31. The highest BCUT2D eigenvalue weighted by atomic mass is 79.9. The van der Waals surface area contributed by atoms with Crippen molar-refractivity contribution in [3.8, 4) is 0 Å². The molecule has 1 N–H and O–H groups in total. The van der Waals surface area contributed by atoms with E-state index in [0.717, 1.165) is 16.3 Å². The Kier molecular flexibility index (Phi) is 3.64. The first kappa shape index (κ1) is 12.0. The van der Waals surface area contributed by atoms with Crippen LogP contribution in [0.3, 0.4) is 0 Å². The molecule has 3 nitrogen and oxygen atoms in total. The highest BCUT2D eigenvalue weighted by Crippen LogP contribution is 2.46. The van der Waals surface area contributed by atoms with Crippen molar-refractivity contribution in [2.45, 2.75) is 12.8 Å². The second-order valence-electron chi connectivity index (χ2n) is 4.18. The van der Waals surface area contributed by atoms with Gasteiger partial charge in [0, 0.05) is 22.5 Å². The second-order valence-corrected chi connectivity index (χ2v) is 5.65. The molecule has 0 atom stereocenters. The number of aromatic nitrogens is 1. The quantitative estimate of drug-likeness (QED) is 0.851. The number of carbonyl (C=O) groups is 1. The fraction of sp³-hybridized carbons (Fsp3) is 0.455. The zero-order valence-electron chi connectivity index (χ0n) is 8.67. The molecule has 1 saturated carbocycles. The van der Waals surface area contributed by atoms with Gasteiger partial charge in [0.1, 0.15) is 5.69 Å². The Bertz CT molecular complexity index is 387. The van der Waals surface area contributed by atoms with Crippen LogP contribution in [0.15, 0.2) is 22.8 Å². The van der Waals surface area contributed by atoms with Crippen molar-refractivity contribution in [3.05, 3.63) is 28.5 Å². The normalized spacial score (nSPS) is 16.9. The van der Waals surface area contributed by atoms with E-state index in [4.69, 9.17) is 0 Å². The standard InChI is InChI=1S/C11H12Br2N2O/c12-6-11(3-4-11)7-15-10(16)9-2-1-8(13)5-14-9/h1-2,5H,3-4,6-7H2,(H,15,16). The summed E-state index contributed by atoms with van der Waals surface area (Å²) in [6.45, 7) is 0.731. The maximum absolute atomic E-state index is 11.7. The maximum Gasteiger partial charge on any atom is 0.269 e. The van der Waals surface area contributed by atoms with Crippen molar-refractivity contribution in [3.63, 3.8) is 0 Å². The number of alkyl halides is 1. The van der Waals surface area contributed by atoms with E-state index in [-0.39, 0.29) is 5.91 Å². The average molecular weight is 348 g/mol. The van der Waals surface area contributed by atoms with Gasteiger partial charge in [-0.15, -0.1) is 0 Å². The zero-order chi connectivity index (χ0) is 11.6. The van der Waals surface area contributed by atoms with Crippen LogP contribution in [-0.2, 0) is 0 Å². The molecule has 16 heavy (non-hydrogen) atoms. The third-order valence-corrected chi connectivity index (χ3v) is 4.48. The van der Waals surface area contributed by atoms with Gasteiger partial charge in [-0.1, -0.05) is 15.9 Å². The number of amides is 1. The number of halogens is 2. The summed E-state index contributed by atoms with van der Waals surface area (Å²) in [5.41, 5.74) is 0.763. The van der Waals surface area contributed by atoms with E-state index in [1.165, 1.54) is 12.8 Å². The molecule has 1 fully saturated rings. The lowest BCUT2D eigenvalue weighted by atomic mass is 10.1. The van der Waals surface area contributed by atoms with Crippen molar-refractivity contribution < 1.29 is 4.79 Å². The van der Waals surface area contributed by atoms with Crippen LogP contribution < -0.4 is 5.32 Å². The Morgan fingerprint density at radius 3 is 2.75 bits per heavy atom. The predicted octanol–water partition coefficient (Wildman–Crippen LogP) is 2.75. The molecule has 0 spiro atoms. The number of carbonyl (C=O) groups excluding carboxylic acids is 1. The van der Waals surface area contributed by atoms with Crippen molar-refractivity contribution in [1.29, 1.82) is 0 Å². The first-order valence-electron chi connectivity index (χ1n) is 5.11. The monoisotopic (exact) mass is 346 g/mol. The van der Waals surface area contributed by atoms with E-state index in [1.807, 2.05) is 6.07 Å². The van der Waals surface area contributed by atoms with Crippen molar-refractivity contribution in [2.75, 3.05) is 11.9 Å². The van der Waals surface area contributed by atoms with E-state index >= 15 is 0 Å². The van der Waals surface area contributed by atoms with Gasteiger partial charge in [-0.25, -0.2) is 4.98 Å². The molecule has 5 heteroatoms. The summed E-state index contributed by atoms with van der Waals surface area (Å²) in [7, 11) is 0. The van der Waals surface area contributed by atoms with Crippen molar-refractivity contribution in [1.82, 2.24) is 10.3 Å². The van der Waals surface area contributed by atoms with Gasteiger partial charge in [0.15, 0.2) is 0 Å². The molecule has 1 amide bonds. The zero-order valence-corrected chi connectivity index (χ0v) is 11.8. The number of nitrogens with one attached hydrogen (secondary N) is 1. The summed E-state index contributed by atoms with van der Waals surface area (Å²) >= 11 is 6.76. The molecular formula is C11H12Br2N2O. The number of pyridine rings is 1. The first-order valence-corrected chi connectivity index (χ1v) is 7.02. The van der Waals surface area contributed by atoms with E-state index in [0.29, 0.717) is 11.1 Å². The fourth-order valence-electron chi connectivity index (χ4n) is 1.40. The highest BCUT2D eigenvalue weighted by molar-refractivity contribution is 9.10. The second kappa shape index (κ2) is 4.84. The van der Waals surface area contributed by atoms with Crippen LogP contribution in [0.1, 0.15) is 23.3 Å². The summed E-state index contributed by atoms with van der Waals surface area (Å²) in [6, 6.07) is 3.53. The van der Waals surface area contributed by atoms with Crippen molar-refractivity contribution >= 4 is 37.8 Å². The molecule has 1 aliphatic rings. The molecule has 0 unspecified atom stereocenters. The lowest BCUT2D eigenvalue weighted by molar-refractivity contribution is 0.0941. The summed E-state index contributed by atoms with van der Waals surface area (Å²) in [5.74, 6) is -0.0975. The van der Waals surface area contributed by atoms with Gasteiger partial charge in [0.25, 0.3) is 5.91 Å². The molecule has 1 heterocycles. The van der Waals surface area contributed by atoms with Gasteiger partial charge in [-0.2, -0.15) is 0 Å². The number of nitrogens with zero attached hydrogens (tertiary/aromatic N) is 1. The van der Waals surface area contributed by atoms with E-state index in [1.54, 1.807) is 12.3 Å². The highest BCUT2D eigenvalue weighted by Gasteiger charge is 2.41. The molecule has 1 aromatic rings. The van der Waals surface area contributed by atoms with Crippen LogP contribution in [0.25, 0.3) is 0 Å². The summed E-state index contributed by atoms with van der Waals surface area (Å²) < 4.78 is 0.878. The van der Waals surface area contributed by atoms with Gasteiger partial charge in [-0.3, -0.25) is 4.79 Å². The Morgan fingerprint density at radius 1 is 1.50 bits per heavy atom. The van der Waals surface area contributed by atoms with Gasteiger partial charge in [0.05, 0.1) is 0 Å². The van der Waals surface area contributed by atoms with Crippen LogP contribution in [0.2, 0.25) is 0 Å². The molecule has 0 aliphatic heterocycles. The third kappa shape index (κ3) is 2.83. The summed E-state index contributed by atoms with van der Waals surface area (Å²) in [6.07, 6.45) is 4.00. The largest absolute Gasteiger partial charge is 0.350 e. The molecule has 0 radical (unpaired) electrons. The number of rotatable bonds is 4. The lowest BCUT2D eigenvalue weighted by Gasteiger charge is -2.12. The van der Waals surface area contributed by atoms with Crippen molar-refractivity contribution in [2.24, 2.45) is 5.41 Å². The van der Waals surface area contributed by atoms with Crippen LogP contribution in [0.4, 0.5) is 0 Å². The van der Waals surface area contributed by atoms with Crippen LogP contribution in [-0.4, -0.2) is 22.8 Å². The average Bonchev–Trinajstić information content (AvgIpc) is 3.08. The molecular weight excluding hydrogens is 336 g/mol. The minimum atomic E-state index is -0.0975. The SMILES string of the molecule is O=C(NCC1(CBr)CC1)c1ccc(Br)cn1. The van der Waals surface area contributed by atoms with E-state index in [2.05, 4.69) is 42.2 Å². The molecule has 2 rings (SSSR count). The van der Waals surface area contributed by atoms with Gasteiger partial charge >= 0.3 is 0 Å². The smallest absolute Gasteiger partial charge is 0.269 e. The van der Waals surface area contributed by atoms with Crippen LogP contribution in [0.5, 0.6) is 0 Å². The molecule has 0 bridgehead atoms. The van der Waals surface area contributed by atoms with E-state index < -0.39 is 0 Å². The molecule has 1 aliphatic carbocycles. The Hall–Kier alpha value is -0.420. The minimum Gasteiger partial charge on any atom is -0.350 e. The van der Waals surface area contributed by atoms with Crippen LogP contribution in [0, 0.1) is 5.41 Å². The molecule has 0 aromatic carbocycles. The van der Waals surface area contributed by atoms with Crippen LogP contribution >= 0.6 is 31.9 Å². The maximum atomic E-state index is 11.7. The third-order valence-electron chi connectivity index (χ3n) is 2.82. The minimum absolute atomic E-state index is 0.0975. The molecule has 0 saturated heterocycles. The van der Waals surface area contributed by atoms with Gasteiger partial charge in [-0.05, 0) is 46.3 Å². The number of hydrogen-bond donors (Lipinski definition) is 1.